The Kier molecular flexibility index (Phi) is 2.95. The number of benzene rings is 2. The normalized spacial score (nSPS) is 27.8. The maximum atomic E-state index is 13.0. The number of fused-ring (bicyclic) bond motifs is 2. The van der Waals surface area contributed by atoms with Crippen molar-refractivity contribution >= 4 is 5.78 Å². The van der Waals surface area contributed by atoms with Crippen molar-refractivity contribution in [3.8, 4) is 0 Å². The van der Waals surface area contributed by atoms with Crippen LogP contribution in [0.5, 0.6) is 0 Å². The Morgan fingerprint density at radius 3 is 2.48 bits per heavy atom. The van der Waals surface area contributed by atoms with Crippen molar-refractivity contribution < 1.29 is 4.79 Å². The summed E-state index contributed by atoms with van der Waals surface area (Å²) in [7, 11) is 0. The van der Waals surface area contributed by atoms with Crippen molar-refractivity contribution in [3.63, 3.8) is 0 Å². The highest BCUT2D eigenvalue weighted by molar-refractivity contribution is 5.93. The van der Waals surface area contributed by atoms with Gasteiger partial charge in [-0.05, 0) is 36.0 Å². The Balaban J connectivity index is 1.90. The van der Waals surface area contributed by atoms with Gasteiger partial charge in [0.25, 0.3) is 0 Å². The number of carbonyl (C=O) groups is 1. The van der Waals surface area contributed by atoms with Crippen molar-refractivity contribution in [1.82, 2.24) is 0 Å². The first-order valence-corrected chi connectivity index (χ1v) is 7.99. The molecule has 2 aliphatic rings. The smallest absolute Gasteiger partial charge is 0.144 e. The molecule has 2 aromatic rings. The maximum absolute atomic E-state index is 13.0. The second-order valence-electron chi connectivity index (χ2n) is 6.43. The van der Waals surface area contributed by atoms with E-state index >= 15 is 0 Å². The van der Waals surface area contributed by atoms with Crippen molar-refractivity contribution in [2.75, 3.05) is 0 Å². The summed E-state index contributed by atoms with van der Waals surface area (Å²) in [5, 5.41) is 0. The zero-order valence-corrected chi connectivity index (χ0v) is 12.2. The van der Waals surface area contributed by atoms with E-state index in [9.17, 15) is 4.79 Å². The second-order valence-corrected chi connectivity index (χ2v) is 6.43. The van der Waals surface area contributed by atoms with Gasteiger partial charge in [0.1, 0.15) is 5.78 Å². The Morgan fingerprint density at radius 2 is 1.67 bits per heavy atom. The summed E-state index contributed by atoms with van der Waals surface area (Å²) in [6.45, 7) is 0. The molecule has 2 aromatic carbocycles. The molecule has 0 N–H and O–H groups in total. The highest BCUT2D eigenvalue weighted by atomic mass is 16.1. The highest BCUT2D eigenvalue weighted by Gasteiger charge is 2.52. The van der Waals surface area contributed by atoms with Crippen molar-refractivity contribution in [2.24, 2.45) is 0 Å². The standard InChI is InChI=1S/C20H20O/c21-19-12-6-7-13-20(19)17-11-5-4-10-16(17)14-18(20)15-8-2-1-3-9-15/h1-5,8-11,18H,6-7,12-14H2/t18-,20-/m0/s1. The van der Waals surface area contributed by atoms with Gasteiger partial charge in [-0.2, -0.15) is 0 Å². The minimum atomic E-state index is -0.254. The van der Waals surface area contributed by atoms with Crippen LogP contribution in [0, 0.1) is 0 Å². The van der Waals surface area contributed by atoms with Crippen LogP contribution >= 0.6 is 0 Å². The molecule has 2 aliphatic carbocycles. The molecule has 0 aromatic heterocycles. The number of rotatable bonds is 1. The molecule has 21 heavy (non-hydrogen) atoms. The predicted molar refractivity (Wildman–Crippen MR) is 84.5 cm³/mol. The first kappa shape index (κ1) is 12.8. The van der Waals surface area contributed by atoms with Gasteiger partial charge in [-0.1, -0.05) is 61.0 Å². The number of hydrogen-bond donors (Lipinski definition) is 0. The summed E-state index contributed by atoms with van der Waals surface area (Å²) in [4.78, 5) is 13.0. The van der Waals surface area contributed by atoms with Gasteiger partial charge in [0.15, 0.2) is 0 Å². The van der Waals surface area contributed by atoms with Crippen molar-refractivity contribution in [3.05, 3.63) is 71.3 Å². The van der Waals surface area contributed by atoms with E-state index in [4.69, 9.17) is 0 Å². The summed E-state index contributed by atoms with van der Waals surface area (Å²) in [6.07, 6.45) is 5.00. The van der Waals surface area contributed by atoms with Gasteiger partial charge in [-0.25, -0.2) is 0 Å². The molecule has 0 unspecified atom stereocenters. The molecule has 0 saturated heterocycles. The topological polar surface area (TPSA) is 17.1 Å². The number of hydrogen-bond acceptors (Lipinski definition) is 1. The SMILES string of the molecule is O=C1CCCC[C@@]12c1ccccc1C[C@H]2c1ccccc1. The van der Waals surface area contributed by atoms with Crippen LogP contribution in [0.2, 0.25) is 0 Å². The monoisotopic (exact) mass is 276 g/mol. The van der Waals surface area contributed by atoms with Gasteiger partial charge >= 0.3 is 0 Å². The maximum Gasteiger partial charge on any atom is 0.144 e. The van der Waals surface area contributed by atoms with Crippen LogP contribution in [0.25, 0.3) is 0 Å². The van der Waals surface area contributed by atoms with Gasteiger partial charge < -0.3 is 0 Å². The number of carbonyl (C=O) groups excluding carboxylic acids is 1. The average molecular weight is 276 g/mol. The quantitative estimate of drug-likeness (QED) is 0.754. The Morgan fingerprint density at radius 1 is 0.905 bits per heavy atom. The van der Waals surface area contributed by atoms with E-state index in [2.05, 4.69) is 54.6 Å². The van der Waals surface area contributed by atoms with E-state index in [1.54, 1.807) is 0 Å². The van der Waals surface area contributed by atoms with E-state index in [1.807, 2.05) is 0 Å². The lowest BCUT2D eigenvalue weighted by Gasteiger charge is -2.38. The first-order valence-electron chi connectivity index (χ1n) is 7.99. The molecule has 0 aliphatic heterocycles. The van der Waals surface area contributed by atoms with Gasteiger partial charge in [-0.3, -0.25) is 4.79 Å². The first-order chi connectivity index (χ1) is 10.3. The Bertz CT molecular complexity index is 673. The van der Waals surface area contributed by atoms with Crippen LogP contribution in [0.15, 0.2) is 54.6 Å². The van der Waals surface area contributed by atoms with E-state index in [-0.39, 0.29) is 5.41 Å². The van der Waals surface area contributed by atoms with Crippen LogP contribution in [0.1, 0.15) is 48.3 Å². The van der Waals surface area contributed by atoms with Crippen LogP contribution in [0.4, 0.5) is 0 Å². The summed E-state index contributed by atoms with van der Waals surface area (Å²) >= 11 is 0. The van der Waals surface area contributed by atoms with Crippen molar-refractivity contribution in [1.29, 1.82) is 0 Å². The number of ketones is 1. The largest absolute Gasteiger partial charge is 0.299 e. The average Bonchev–Trinajstić information content (AvgIpc) is 2.87. The molecule has 0 radical (unpaired) electrons. The lowest BCUT2D eigenvalue weighted by molar-refractivity contribution is -0.127. The van der Waals surface area contributed by atoms with Crippen LogP contribution in [-0.4, -0.2) is 5.78 Å². The predicted octanol–water partition coefficient (Wildman–Crippen LogP) is 4.41. The minimum absolute atomic E-state index is 0.254. The third-order valence-electron chi connectivity index (χ3n) is 5.44. The third kappa shape index (κ3) is 1.80. The third-order valence-corrected chi connectivity index (χ3v) is 5.44. The number of Topliss-reactive ketones (excluding diaryl/α,β-unsaturated/α-hetero) is 1. The van der Waals surface area contributed by atoms with E-state index in [0.29, 0.717) is 11.7 Å². The van der Waals surface area contributed by atoms with E-state index < -0.39 is 0 Å². The molecule has 4 rings (SSSR count). The minimum Gasteiger partial charge on any atom is -0.299 e. The van der Waals surface area contributed by atoms with Gasteiger partial charge in [-0.15, -0.1) is 0 Å². The Labute approximate surface area is 126 Å². The lowest BCUT2D eigenvalue weighted by atomic mass is 9.62. The van der Waals surface area contributed by atoms with Gasteiger partial charge in [0.05, 0.1) is 5.41 Å². The fourth-order valence-electron chi connectivity index (χ4n) is 4.51. The molecule has 0 bridgehead atoms. The molecule has 0 amide bonds. The molecule has 106 valence electrons. The lowest BCUT2D eigenvalue weighted by Crippen LogP contribution is -2.41. The van der Waals surface area contributed by atoms with Crippen molar-refractivity contribution in [2.45, 2.75) is 43.4 Å². The Hall–Kier alpha value is -1.89. The molecular weight excluding hydrogens is 256 g/mol. The summed E-state index contributed by atoms with van der Waals surface area (Å²) in [6, 6.07) is 19.2. The van der Waals surface area contributed by atoms with Crippen LogP contribution in [-0.2, 0) is 16.6 Å². The molecule has 1 spiro atoms. The molecule has 1 nitrogen and oxygen atoms in total. The van der Waals surface area contributed by atoms with Crippen LogP contribution in [0.3, 0.4) is 0 Å². The zero-order chi connectivity index (χ0) is 14.3. The van der Waals surface area contributed by atoms with E-state index in [0.717, 1.165) is 25.7 Å². The molecule has 1 heteroatoms. The van der Waals surface area contributed by atoms with Gasteiger partial charge in [0.2, 0.25) is 0 Å². The van der Waals surface area contributed by atoms with E-state index in [1.165, 1.54) is 23.1 Å². The molecule has 2 atom stereocenters. The fraction of sp³-hybridized carbons (Fsp3) is 0.350. The van der Waals surface area contributed by atoms with Crippen LogP contribution < -0.4 is 0 Å². The molecule has 1 fully saturated rings. The summed E-state index contributed by atoms with van der Waals surface area (Å²) in [5.41, 5.74) is 3.75. The fourth-order valence-corrected chi connectivity index (χ4v) is 4.51. The molecular formula is C20H20O. The zero-order valence-electron chi connectivity index (χ0n) is 12.2. The molecule has 1 saturated carbocycles. The molecule has 0 heterocycles. The van der Waals surface area contributed by atoms with Gasteiger partial charge in [0, 0.05) is 12.3 Å². The second kappa shape index (κ2) is 4.84. The highest BCUT2D eigenvalue weighted by Crippen LogP contribution is 2.54. The summed E-state index contributed by atoms with van der Waals surface area (Å²) < 4.78 is 0. The summed E-state index contributed by atoms with van der Waals surface area (Å²) in [5.74, 6) is 0.788.